The molecule has 6 heteroatoms. The van der Waals surface area contributed by atoms with E-state index in [0.717, 1.165) is 103 Å². The van der Waals surface area contributed by atoms with Crippen LogP contribution in [0.5, 0.6) is 0 Å². The Morgan fingerprint density at radius 2 is 0.481 bits per heavy atom. The van der Waals surface area contributed by atoms with E-state index in [4.69, 9.17) is 14.2 Å². The number of esters is 3. The van der Waals surface area contributed by atoms with Crippen molar-refractivity contribution in [3.8, 4) is 0 Å². The van der Waals surface area contributed by atoms with Crippen LogP contribution in [0.2, 0.25) is 0 Å². The average Bonchev–Trinajstić information content (AvgIpc) is 3.46. The first-order valence-electron chi connectivity index (χ1n) is 35.1. The van der Waals surface area contributed by atoms with Gasteiger partial charge in [-0.05, 0) is 116 Å². The first-order valence-corrected chi connectivity index (χ1v) is 35.1. The Morgan fingerprint density at radius 1 is 0.259 bits per heavy atom. The van der Waals surface area contributed by atoms with Gasteiger partial charge >= 0.3 is 17.9 Å². The maximum Gasteiger partial charge on any atom is 0.306 e. The minimum atomic E-state index is -0.785. The summed E-state index contributed by atoms with van der Waals surface area (Å²) in [6.07, 6.45) is 91.8. The fourth-order valence-corrected chi connectivity index (χ4v) is 10.1. The van der Waals surface area contributed by atoms with E-state index in [2.05, 4.69) is 106 Å². The molecule has 0 radical (unpaired) electrons. The summed E-state index contributed by atoms with van der Waals surface area (Å²) >= 11 is 0. The van der Waals surface area contributed by atoms with Crippen LogP contribution in [-0.2, 0) is 28.6 Å². The second-order valence-corrected chi connectivity index (χ2v) is 23.4. The zero-order chi connectivity index (χ0) is 58.5. The number of carbonyl (C=O) groups excluding carboxylic acids is 3. The molecule has 0 amide bonds. The van der Waals surface area contributed by atoms with Crippen molar-refractivity contribution in [1.82, 2.24) is 0 Å². The third kappa shape index (κ3) is 67.3. The minimum absolute atomic E-state index is 0.0797. The van der Waals surface area contributed by atoms with Gasteiger partial charge in [-0.15, -0.1) is 0 Å². The molecule has 1 unspecified atom stereocenters. The Labute approximate surface area is 503 Å². The summed E-state index contributed by atoms with van der Waals surface area (Å²) in [6.45, 7) is 6.53. The zero-order valence-corrected chi connectivity index (χ0v) is 53.8. The number of ether oxygens (including phenoxy) is 3. The van der Waals surface area contributed by atoms with Gasteiger partial charge in [0.15, 0.2) is 6.10 Å². The molecule has 0 aliphatic heterocycles. The fraction of sp³-hybridized carbons (Fsp3) is 0.773. The first kappa shape index (κ1) is 77.6. The molecule has 0 aromatic carbocycles. The highest BCUT2D eigenvalue weighted by atomic mass is 16.6. The van der Waals surface area contributed by atoms with Crippen molar-refractivity contribution in [2.45, 2.75) is 361 Å². The number of hydrogen-bond acceptors (Lipinski definition) is 6. The first-order chi connectivity index (χ1) is 40.0. The van der Waals surface area contributed by atoms with Gasteiger partial charge in [0.05, 0.1) is 0 Å². The van der Waals surface area contributed by atoms with Gasteiger partial charge < -0.3 is 14.2 Å². The second-order valence-electron chi connectivity index (χ2n) is 23.4. The number of unbranched alkanes of at least 4 members (excludes halogenated alkanes) is 39. The van der Waals surface area contributed by atoms with E-state index in [1.165, 1.54) is 212 Å². The second kappa shape index (κ2) is 69.1. The van der Waals surface area contributed by atoms with Crippen LogP contribution in [0.4, 0.5) is 0 Å². The SMILES string of the molecule is CC/C=C\C/C=C\C/C=C\C/C=C\CCCCCCCCCCC(=O)OC(COC(=O)CCCCCCC/C=C\CCCCCC)COC(=O)CCCCCCCCCCCCCCCCCCC/C=C\C/C=C\CCCCCCC. The van der Waals surface area contributed by atoms with Crippen LogP contribution in [0.15, 0.2) is 85.1 Å². The van der Waals surface area contributed by atoms with Gasteiger partial charge in [0.25, 0.3) is 0 Å². The third-order valence-electron chi connectivity index (χ3n) is 15.4. The predicted molar refractivity (Wildman–Crippen MR) is 353 cm³/mol. The summed E-state index contributed by atoms with van der Waals surface area (Å²) in [5.74, 6) is -0.880. The molecule has 81 heavy (non-hydrogen) atoms. The minimum Gasteiger partial charge on any atom is -0.462 e. The summed E-state index contributed by atoms with van der Waals surface area (Å²) in [5.41, 5.74) is 0. The molecule has 0 rings (SSSR count). The van der Waals surface area contributed by atoms with Gasteiger partial charge in [-0.1, -0.05) is 305 Å². The molecule has 0 heterocycles. The standard InChI is InChI=1S/C75H132O6/c1-4-7-10-13-16-19-22-25-27-29-31-33-34-35-36-37-38-39-40-42-43-45-47-50-53-56-59-62-65-68-74(77)80-71-72(70-79-73(76)67-64-61-58-55-52-49-24-21-18-15-12-9-6-3)81-75(78)69-66-63-60-57-54-51-48-46-44-41-32-30-28-26-23-20-17-14-11-8-5-2/h8,11,17,20-22,24-26,28-29,31-32,41,72H,4-7,9-10,12-16,18-19,23,27,30,33-40,42-71H2,1-3H3/b11-8-,20-17-,24-21-,25-22-,28-26-,31-29-,41-32-. The van der Waals surface area contributed by atoms with Gasteiger partial charge in [0.2, 0.25) is 0 Å². The molecule has 1 atom stereocenters. The van der Waals surface area contributed by atoms with Crippen molar-refractivity contribution in [3.63, 3.8) is 0 Å². The largest absolute Gasteiger partial charge is 0.462 e. The molecule has 0 fully saturated rings. The molecule has 0 saturated carbocycles. The third-order valence-corrected chi connectivity index (χ3v) is 15.4. The Kier molecular flexibility index (Phi) is 66.2. The number of rotatable bonds is 64. The molecular formula is C75H132O6. The van der Waals surface area contributed by atoms with Gasteiger partial charge in [0, 0.05) is 19.3 Å². The molecule has 0 aromatic heterocycles. The Bertz CT molecular complexity index is 1530. The highest BCUT2D eigenvalue weighted by Gasteiger charge is 2.19. The molecule has 0 bridgehead atoms. The zero-order valence-electron chi connectivity index (χ0n) is 53.8. The predicted octanol–water partition coefficient (Wildman–Crippen LogP) is 24.2. The maximum absolute atomic E-state index is 12.9. The Hall–Kier alpha value is -3.41. The smallest absolute Gasteiger partial charge is 0.306 e. The van der Waals surface area contributed by atoms with Crippen LogP contribution < -0.4 is 0 Å². The molecule has 468 valence electrons. The Morgan fingerprint density at radius 3 is 0.778 bits per heavy atom. The van der Waals surface area contributed by atoms with Crippen LogP contribution in [0.25, 0.3) is 0 Å². The lowest BCUT2D eigenvalue weighted by molar-refractivity contribution is -0.167. The summed E-state index contributed by atoms with van der Waals surface area (Å²) in [7, 11) is 0. The summed E-state index contributed by atoms with van der Waals surface area (Å²) in [6, 6.07) is 0. The van der Waals surface area contributed by atoms with Gasteiger partial charge in [-0.3, -0.25) is 14.4 Å². The van der Waals surface area contributed by atoms with Crippen LogP contribution >= 0.6 is 0 Å². The maximum atomic E-state index is 12.9. The lowest BCUT2D eigenvalue weighted by Crippen LogP contribution is -2.30. The molecule has 0 saturated heterocycles. The average molecular weight is 1130 g/mol. The van der Waals surface area contributed by atoms with Crippen molar-refractivity contribution < 1.29 is 28.6 Å². The van der Waals surface area contributed by atoms with Crippen molar-refractivity contribution in [1.29, 1.82) is 0 Å². The Balaban J connectivity index is 4.24. The highest BCUT2D eigenvalue weighted by Crippen LogP contribution is 2.17. The summed E-state index contributed by atoms with van der Waals surface area (Å²) in [5, 5.41) is 0. The van der Waals surface area contributed by atoms with Gasteiger partial charge in [-0.25, -0.2) is 0 Å². The van der Waals surface area contributed by atoms with Crippen LogP contribution in [-0.4, -0.2) is 37.2 Å². The topological polar surface area (TPSA) is 78.9 Å². The van der Waals surface area contributed by atoms with Crippen LogP contribution in [0, 0.1) is 0 Å². The van der Waals surface area contributed by atoms with E-state index in [0.29, 0.717) is 19.3 Å². The van der Waals surface area contributed by atoms with E-state index in [9.17, 15) is 14.4 Å². The monoisotopic (exact) mass is 1130 g/mol. The molecular weight excluding hydrogens is 997 g/mol. The lowest BCUT2D eigenvalue weighted by Gasteiger charge is -2.18. The van der Waals surface area contributed by atoms with Crippen molar-refractivity contribution >= 4 is 17.9 Å². The molecule has 6 nitrogen and oxygen atoms in total. The number of allylic oxidation sites excluding steroid dienone is 14. The van der Waals surface area contributed by atoms with Crippen molar-refractivity contribution in [2.24, 2.45) is 0 Å². The number of hydrogen-bond donors (Lipinski definition) is 0. The van der Waals surface area contributed by atoms with Gasteiger partial charge in [-0.2, -0.15) is 0 Å². The van der Waals surface area contributed by atoms with Crippen molar-refractivity contribution in [2.75, 3.05) is 13.2 Å². The lowest BCUT2D eigenvalue weighted by atomic mass is 10.0. The summed E-state index contributed by atoms with van der Waals surface area (Å²) in [4.78, 5) is 38.4. The van der Waals surface area contributed by atoms with Gasteiger partial charge in [0.1, 0.15) is 13.2 Å². The molecule has 0 N–H and O–H groups in total. The molecule has 0 aromatic rings. The molecule has 0 aliphatic rings. The molecule has 0 spiro atoms. The van der Waals surface area contributed by atoms with Crippen LogP contribution in [0.3, 0.4) is 0 Å². The van der Waals surface area contributed by atoms with E-state index in [-0.39, 0.29) is 31.1 Å². The van der Waals surface area contributed by atoms with E-state index in [1.807, 2.05) is 0 Å². The van der Waals surface area contributed by atoms with E-state index in [1.54, 1.807) is 0 Å². The highest BCUT2D eigenvalue weighted by molar-refractivity contribution is 5.71. The normalized spacial score (nSPS) is 12.6. The molecule has 0 aliphatic carbocycles. The van der Waals surface area contributed by atoms with Crippen LogP contribution in [0.1, 0.15) is 355 Å². The van der Waals surface area contributed by atoms with Crippen molar-refractivity contribution in [3.05, 3.63) is 85.1 Å². The van der Waals surface area contributed by atoms with E-state index < -0.39 is 6.10 Å². The van der Waals surface area contributed by atoms with E-state index >= 15 is 0 Å². The fourth-order valence-electron chi connectivity index (χ4n) is 10.1. The summed E-state index contributed by atoms with van der Waals surface area (Å²) < 4.78 is 17.0. The quantitative estimate of drug-likeness (QED) is 0.0261. The number of carbonyl (C=O) groups is 3.